The van der Waals surface area contributed by atoms with Crippen molar-refractivity contribution in [2.75, 3.05) is 17.7 Å². The van der Waals surface area contributed by atoms with Crippen LogP contribution in [0, 0.1) is 0 Å². The Morgan fingerprint density at radius 3 is 2.17 bits per heavy atom. The van der Waals surface area contributed by atoms with E-state index >= 15 is 0 Å². The molecular weight excluding hydrogens is 384 g/mol. The van der Waals surface area contributed by atoms with Gasteiger partial charge in [0.1, 0.15) is 6.04 Å². The van der Waals surface area contributed by atoms with E-state index < -0.39 is 29.4 Å². The van der Waals surface area contributed by atoms with E-state index in [1.165, 1.54) is 5.56 Å². The van der Waals surface area contributed by atoms with Gasteiger partial charge in [-0.3, -0.25) is 9.00 Å². The number of hydrogen-bond acceptors (Lipinski definition) is 4. The Hall–Kier alpha value is -2.80. The number of nitrogens with two attached hydrogens (primary N) is 1. The fourth-order valence-electron chi connectivity index (χ4n) is 2.83. The highest BCUT2D eigenvalue weighted by Gasteiger charge is 2.12. The monoisotopic (exact) mass is 408 g/mol. The molecular formula is C23H24N2O3S. The van der Waals surface area contributed by atoms with Gasteiger partial charge in [0.05, 0.1) is 17.4 Å². The number of aryl methyl sites for hydroxylation is 1. The Labute approximate surface area is 173 Å². The first kappa shape index (κ1) is 20.9. The third kappa shape index (κ3) is 5.84. The van der Waals surface area contributed by atoms with E-state index in [1.54, 1.807) is 24.3 Å². The molecule has 150 valence electrons. The fourth-order valence-corrected chi connectivity index (χ4v) is 3.93. The highest BCUT2D eigenvalue weighted by atomic mass is 32.2. The first-order valence-corrected chi connectivity index (χ1v) is 10.7. The third-order valence-corrected chi connectivity index (χ3v) is 5.93. The van der Waals surface area contributed by atoms with E-state index in [9.17, 15) is 9.00 Å². The molecule has 0 bridgehead atoms. The zero-order chi connectivity index (χ0) is 20.6. The molecule has 2 atom stereocenters. The summed E-state index contributed by atoms with van der Waals surface area (Å²) in [5.41, 5.74) is 9.50. The van der Waals surface area contributed by atoms with Crippen molar-refractivity contribution in [2.24, 2.45) is 5.73 Å². The molecule has 3 aromatic rings. The lowest BCUT2D eigenvalue weighted by Gasteiger charge is -2.10. The number of carbonyl (C=O) groups is 1. The number of rotatable bonds is 8. The predicted octanol–water partition coefficient (Wildman–Crippen LogP) is 2.96. The number of carbonyl (C=O) groups excluding carboxylic acids is 1. The van der Waals surface area contributed by atoms with E-state index in [1.807, 2.05) is 18.2 Å². The number of benzene rings is 3. The molecule has 4 N–H and O–H groups in total. The molecule has 29 heavy (non-hydrogen) atoms. The zero-order valence-corrected chi connectivity index (χ0v) is 16.8. The molecule has 0 saturated carbocycles. The van der Waals surface area contributed by atoms with Gasteiger partial charge in [-0.15, -0.1) is 0 Å². The quantitative estimate of drug-likeness (QED) is 0.534. The van der Waals surface area contributed by atoms with Crippen LogP contribution in [-0.4, -0.2) is 33.6 Å². The summed E-state index contributed by atoms with van der Waals surface area (Å²) in [7, 11) is -1.13. The third-order valence-electron chi connectivity index (χ3n) is 4.56. The smallest absolute Gasteiger partial charge is 0.243 e. The van der Waals surface area contributed by atoms with E-state index in [0.717, 1.165) is 11.1 Å². The van der Waals surface area contributed by atoms with Gasteiger partial charge >= 0.3 is 0 Å². The second-order valence-corrected chi connectivity index (χ2v) is 8.24. The highest BCUT2D eigenvalue weighted by molar-refractivity contribution is 7.85. The topological polar surface area (TPSA) is 92.4 Å². The predicted molar refractivity (Wildman–Crippen MR) is 117 cm³/mol. The first-order chi connectivity index (χ1) is 14.1. The number of aliphatic hydroxyl groups excluding tert-OH is 1. The van der Waals surface area contributed by atoms with E-state index in [4.69, 9.17) is 10.8 Å². The Morgan fingerprint density at radius 1 is 0.931 bits per heavy atom. The molecule has 1 unspecified atom stereocenters. The van der Waals surface area contributed by atoms with Crippen LogP contribution in [0.3, 0.4) is 0 Å². The van der Waals surface area contributed by atoms with Crippen LogP contribution < -0.4 is 11.1 Å². The van der Waals surface area contributed by atoms with Crippen LogP contribution in [0.2, 0.25) is 0 Å². The molecule has 0 aliphatic heterocycles. The number of anilines is 1. The number of hydrogen-bond donors (Lipinski definition) is 3. The molecule has 1 amide bonds. The SMILES string of the molecule is N[C@@H](CO)C(=O)Nc1ccc(S(=O)CCc2ccc(-c3ccccc3)cc2)cc1. The summed E-state index contributed by atoms with van der Waals surface area (Å²) in [4.78, 5) is 12.4. The molecule has 5 nitrogen and oxygen atoms in total. The van der Waals surface area contributed by atoms with Crippen LogP contribution in [0.5, 0.6) is 0 Å². The van der Waals surface area contributed by atoms with Crippen molar-refractivity contribution < 1.29 is 14.1 Å². The van der Waals surface area contributed by atoms with Crippen molar-refractivity contribution in [3.8, 4) is 11.1 Å². The maximum atomic E-state index is 12.6. The van der Waals surface area contributed by atoms with Gasteiger partial charge in [0.15, 0.2) is 0 Å². The molecule has 0 fully saturated rings. The second-order valence-electron chi connectivity index (χ2n) is 6.67. The van der Waals surface area contributed by atoms with Gasteiger partial charge in [-0.05, 0) is 47.4 Å². The maximum Gasteiger partial charge on any atom is 0.243 e. The van der Waals surface area contributed by atoms with Gasteiger partial charge < -0.3 is 16.2 Å². The Kier molecular flexibility index (Phi) is 7.30. The summed E-state index contributed by atoms with van der Waals surface area (Å²) < 4.78 is 12.6. The van der Waals surface area contributed by atoms with Gasteiger partial charge in [-0.2, -0.15) is 0 Å². The van der Waals surface area contributed by atoms with Crippen molar-refractivity contribution in [2.45, 2.75) is 17.4 Å². The molecule has 6 heteroatoms. The van der Waals surface area contributed by atoms with Gasteiger partial charge in [-0.25, -0.2) is 0 Å². The summed E-state index contributed by atoms with van der Waals surface area (Å²) in [6.07, 6.45) is 0.714. The molecule has 0 aliphatic rings. The summed E-state index contributed by atoms with van der Waals surface area (Å²) in [5, 5.41) is 11.5. The number of aliphatic hydroxyl groups is 1. The molecule has 0 spiro atoms. The van der Waals surface area contributed by atoms with Gasteiger partial charge in [0, 0.05) is 16.3 Å². The van der Waals surface area contributed by atoms with Gasteiger partial charge in [-0.1, -0.05) is 54.6 Å². The van der Waals surface area contributed by atoms with Crippen LogP contribution >= 0.6 is 0 Å². The molecule has 0 radical (unpaired) electrons. The van der Waals surface area contributed by atoms with Gasteiger partial charge in [0.2, 0.25) is 5.91 Å². The number of amides is 1. The summed E-state index contributed by atoms with van der Waals surface area (Å²) in [6, 6.07) is 24.4. The average molecular weight is 409 g/mol. The first-order valence-electron chi connectivity index (χ1n) is 9.37. The molecule has 0 saturated heterocycles. The number of nitrogens with one attached hydrogen (secondary N) is 1. The average Bonchev–Trinajstić information content (AvgIpc) is 2.78. The van der Waals surface area contributed by atoms with Crippen molar-refractivity contribution in [3.63, 3.8) is 0 Å². The van der Waals surface area contributed by atoms with Crippen molar-refractivity contribution in [3.05, 3.63) is 84.4 Å². The molecule has 0 aromatic heterocycles. The van der Waals surface area contributed by atoms with Crippen LogP contribution in [0.25, 0.3) is 11.1 Å². The largest absolute Gasteiger partial charge is 0.394 e. The Bertz CT molecular complexity index is 958. The summed E-state index contributed by atoms with van der Waals surface area (Å²) in [6.45, 7) is -0.416. The van der Waals surface area contributed by atoms with Crippen LogP contribution in [0.15, 0.2) is 83.8 Å². The van der Waals surface area contributed by atoms with Gasteiger partial charge in [0.25, 0.3) is 0 Å². The maximum absolute atomic E-state index is 12.6. The molecule has 0 aliphatic carbocycles. The molecule has 3 rings (SSSR count). The minimum Gasteiger partial charge on any atom is -0.394 e. The van der Waals surface area contributed by atoms with Crippen molar-refractivity contribution >= 4 is 22.4 Å². The van der Waals surface area contributed by atoms with Crippen molar-refractivity contribution in [1.82, 2.24) is 0 Å². The zero-order valence-electron chi connectivity index (χ0n) is 16.0. The van der Waals surface area contributed by atoms with E-state index in [0.29, 0.717) is 22.8 Å². The highest BCUT2D eigenvalue weighted by Crippen LogP contribution is 2.20. The lowest BCUT2D eigenvalue weighted by molar-refractivity contribution is -0.118. The summed E-state index contributed by atoms with van der Waals surface area (Å²) >= 11 is 0. The lowest BCUT2D eigenvalue weighted by Crippen LogP contribution is -2.38. The minimum atomic E-state index is -1.13. The normalized spacial score (nSPS) is 12.9. The standard InChI is InChI=1S/C23H24N2O3S/c24-22(16-26)23(27)25-20-10-12-21(13-11-20)29(28)15-14-17-6-8-19(9-7-17)18-4-2-1-3-5-18/h1-13,22,26H,14-16,24H2,(H,25,27)/t22-,29?/m0/s1. The van der Waals surface area contributed by atoms with Crippen molar-refractivity contribution in [1.29, 1.82) is 0 Å². The van der Waals surface area contributed by atoms with E-state index in [-0.39, 0.29) is 0 Å². The van der Waals surface area contributed by atoms with E-state index in [2.05, 4.69) is 41.7 Å². The Balaban J connectivity index is 1.54. The van der Waals surface area contributed by atoms with Crippen LogP contribution in [-0.2, 0) is 22.0 Å². The van der Waals surface area contributed by atoms with Crippen LogP contribution in [0.1, 0.15) is 5.56 Å². The Morgan fingerprint density at radius 2 is 1.55 bits per heavy atom. The lowest BCUT2D eigenvalue weighted by atomic mass is 10.0. The second kappa shape index (κ2) is 10.1. The van der Waals surface area contributed by atoms with Crippen LogP contribution in [0.4, 0.5) is 5.69 Å². The minimum absolute atomic E-state index is 0.416. The molecule has 0 heterocycles. The summed E-state index contributed by atoms with van der Waals surface area (Å²) in [5.74, 6) is 0.0616. The fraction of sp³-hybridized carbons (Fsp3) is 0.174. The molecule has 3 aromatic carbocycles.